The van der Waals surface area contributed by atoms with Crippen molar-refractivity contribution < 1.29 is 90.0 Å². The van der Waals surface area contributed by atoms with Crippen LogP contribution in [0.5, 0.6) is 0 Å². The Hall–Kier alpha value is -3.74. The lowest BCUT2D eigenvalue weighted by molar-refractivity contribution is -0.191. The molecule has 0 spiro atoms. The van der Waals surface area contributed by atoms with Crippen LogP contribution in [0.25, 0.3) is 0 Å². The van der Waals surface area contributed by atoms with Crippen LogP contribution in [0.3, 0.4) is 0 Å². The van der Waals surface area contributed by atoms with Crippen LogP contribution in [0.1, 0.15) is 12.8 Å². The molecule has 0 amide bonds. The van der Waals surface area contributed by atoms with Crippen molar-refractivity contribution in [3.63, 3.8) is 0 Å². The molecule has 1 saturated carbocycles. The van der Waals surface area contributed by atoms with E-state index in [1.807, 2.05) is 0 Å². The predicted octanol–water partition coefficient (Wildman–Crippen LogP) is -6.87. The quantitative estimate of drug-likeness (QED) is 0.0540. The van der Waals surface area contributed by atoms with Crippen LogP contribution >= 0.6 is 0 Å². The lowest BCUT2D eigenvalue weighted by atomic mass is 9.70. The Morgan fingerprint density at radius 3 is 0.621 bits per heavy atom. The molecule has 26 nitrogen and oxygen atoms in total. The minimum absolute atomic E-state index is 0.0819. The van der Waals surface area contributed by atoms with Crippen LogP contribution in [0, 0.1) is 11.8 Å². The highest BCUT2D eigenvalue weighted by atomic mass is 16.4. The van der Waals surface area contributed by atoms with Gasteiger partial charge in [-0.25, -0.2) is 0 Å². The molecule has 0 aromatic carbocycles. The molecule has 2 aliphatic heterocycles. The largest absolute Gasteiger partial charge is 0.480 e. The standard InChI is InChI=1S/C40H72N8O18/c49-27(19-41-1-5-43(21-31(51)52)9-13-47(25-35(59)60)14-10-44(6-2-41)22-32(53)54)17-29-37(63)39(65)30(40(66)38(29)64)18-28(50)20-42-3-7-45(23-33(55)56)11-15-48(26-36(61)62)16-12-46(8-4-42)24-34(57)58/h27-30,37-40,49-50,63-66H,1-26H2,(H,51,52)(H,53,54)(H,55,56)(H,57,58)(H,59,60)(H,61,62). The fourth-order valence-electron chi connectivity index (χ4n) is 8.97. The van der Waals surface area contributed by atoms with Gasteiger partial charge in [0, 0.05) is 130 Å². The number of hydrogen-bond acceptors (Lipinski definition) is 20. The second-order valence-electron chi connectivity index (χ2n) is 17.7. The van der Waals surface area contributed by atoms with E-state index in [0.717, 1.165) is 0 Å². The van der Waals surface area contributed by atoms with Crippen molar-refractivity contribution in [3.8, 4) is 0 Å². The Kier molecular flexibility index (Phi) is 24.5. The highest BCUT2D eigenvalue weighted by Crippen LogP contribution is 2.36. The van der Waals surface area contributed by atoms with E-state index in [-0.39, 0.29) is 170 Å². The minimum Gasteiger partial charge on any atom is -0.480 e. The first-order valence-corrected chi connectivity index (χ1v) is 22.3. The summed E-state index contributed by atoms with van der Waals surface area (Å²) in [4.78, 5) is 82.9. The highest BCUT2D eigenvalue weighted by molar-refractivity contribution is 5.70. The monoisotopic (exact) mass is 952 g/mol. The number of nitrogens with zero attached hydrogens (tertiary/aromatic N) is 8. The third kappa shape index (κ3) is 21.1. The summed E-state index contributed by atoms with van der Waals surface area (Å²) in [6.45, 7) is 0.839. The summed E-state index contributed by atoms with van der Waals surface area (Å²) in [7, 11) is 0. The number of carbonyl (C=O) groups is 6. The van der Waals surface area contributed by atoms with E-state index in [4.69, 9.17) is 0 Å². The topological polar surface area (TPSA) is 371 Å². The van der Waals surface area contributed by atoms with Gasteiger partial charge in [-0.1, -0.05) is 0 Å². The van der Waals surface area contributed by atoms with E-state index >= 15 is 0 Å². The average molecular weight is 953 g/mol. The molecular weight excluding hydrogens is 880 g/mol. The molecule has 1 aliphatic carbocycles. The van der Waals surface area contributed by atoms with Gasteiger partial charge in [0.2, 0.25) is 0 Å². The van der Waals surface area contributed by atoms with Crippen LogP contribution in [0.15, 0.2) is 0 Å². The highest BCUT2D eigenvalue weighted by Gasteiger charge is 2.49. The first kappa shape index (κ1) is 56.6. The second kappa shape index (κ2) is 28.6. The number of aliphatic hydroxyl groups excluding tert-OH is 6. The molecule has 6 unspecified atom stereocenters. The fraction of sp³-hybridized carbons (Fsp3) is 0.850. The Morgan fingerprint density at radius 2 is 0.470 bits per heavy atom. The van der Waals surface area contributed by atoms with Crippen molar-refractivity contribution in [2.24, 2.45) is 11.8 Å². The van der Waals surface area contributed by atoms with Gasteiger partial charge >= 0.3 is 35.8 Å². The van der Waals surface area contributed by atoms with Crippen molar-refractivity contribution in [1.29, 1.82) is 0 Å². The lowest BCUT2D eigenvalue weighted by Crippen LogP contribution is -2.60. The van der Waals surface area contributed by atoms with Crippen LogP contribution in [-0.2, 0) is 28.8 Å². The number of aliphatic hydroxyl groups is 6. The smallest absolute Gasteiger partial charge is 0.317 e. The first-order valence-electron chi connectivity index (χ1n) is 22.3. The summed E-state index contributed by atoms with van der Waals surface area (Å²) >= 11 is 0. The molecule has 3 rings (SSSR count). The number of β-amino-alcohol motifs (C(OH)–C–C–N with tert-alkyl or cyclic N) is 2. The summed E-state index contributed by atoms with van der Waals surface area (Å²) in [5.41, 5.74) is 0. The zero-order chi connectivity index (χ0) is 49.1. The maximum Gasteiger partial charge on any atom is 0.317 e. The molecule has 0 bridgehead atoms. The molecule has 0 aromatic rings. The lowest BCUT2D eigenvalue weighted by Gasteiger charge is -2.45. The Balaban J connectivity index is 1.69. The number of hydrogen-bond donors (Lipinski definition) is 12. The van der Waals surface area contributed by atoms with Gasteiger partial charge in [0.25, 0.3) is 0 Å². The summed E-state index contributed by atoms with van der Waals surface area (Å²) < 4.78 is 0. The predicted molar refractivity (Wildman–Crippen MR) is 230 cm³/mol. The van der Waals surface area contributed by atoms with E-state index in [1.54, 1.807) is 39.2 Å². The van der Waals surface area contributed by atoms with Crippen LogP contribution in [0.4, 0.5) is 0 Å². The summed E-state index contributed by atoms with van der Waals surface area (Å²) in [6.07, 6.45) is -9.79. The number of carboxylic acids is 6. The van der Waals surface area contributed by atoms with Gasteiger partial charge in [0.05, 0.1) is 75.9 Å². The van der Waals surface area contributed by atoms with E-state index < -0.39 is 84.3 Å². The first-order chi connectivity index (χ1) is 31.1. The van der Waals surface area contributed by atoms with Gasteiger partial charge in [0.1, 0.15) is 0 Å². The molecule has 0 aromatic heterocycles. The summed E-state index contributed by atoms with van der Waals surface area (Å²) in [6, 6.07) is 0. The molecule has 3 fully saturated rings. The van der Waals surface area contributed by atoms with Crippen molar-refractivity contribution in [3.05, 3.63) is 0 Å². The molecule has 380 valence electrons. The zero-order valence-electron chi connectivity index (χ0n) is 37.4. The van der Waals surface area contributed by atoms with Gasteiger partial charge in [-0.2, -0.15) is 0 Å². The zero-order valence-corrected chi connectivity index (χ0v) is 37.4. The van der Waals surface area contributed by atoms with Crippen molar-refractivity contribution >= 4 is 35.8 Å². The fourth-order valence-corrected chi connectivity index (χ4v) is 8.97. The molecule has 2 heterocycles. The molecule has 66 heavy (non-hydrogen) atoms. The molecular formula is C40H72N8O18. The molecule has 2 saturated heterocycles. The maximum atomic E-state index is 11.7. The molecule has 6 atom stereocenters. The number of aliphatic carboxylic acids is 6. The van der Waals surface area contributed by atoms with E-state index in [0.29, 0.717) is 0 Å². The minimum atomic E-state index is -1.66. The SMILES string of the molecule is O=C(O)CN1CCN(CC(=O)O)CCN(CC(O)CC2C(O)C(O)C(CC(O)CN3CCN(CC(=O)O)CCN(CC(=O)O)CCN(CC(=O)O)CC3)C(O)C2O)CCN(CC(=O)O)CC1. The van der Waals surface area contributed by atoms with Gasteiger partial charge in [-0.05, 0) is 12.8 Å². The average Bonchev–Trinajstić information content (AvgIpc) is 3.21. The van der Waals surface area contributed by atoms with Crippen molar-refractivity contribution in [1.82, 2.24) is 39.2 Å². The van der Waals surface area contributed by atoms with Crippen LogP contribution < -0.4 is 0 Å². The molecule has 12 N–H and O–H groups in total. The van der Waals surface area contributed by atoms with E-state index in [2.05, 4.69) is 0 Å². The normalized spacial score (nSPS) is 27.9. The number of rotatable bonds is 20. The summed E-state index contributed by atoms with van der Waals surface area (Å²) in [5.74, 6) is -9.08. The van der Waals surface area contributed by atoms with Crippen molar-refractivity contribution in [2.45, 2.75) is 49.5 Å². The van der Waals surface area contributed by atoms with E-state index in [1.165, 1.54) is 0 Å². The van der Waals surface area contributed by atoms with Crippen molar-refractivity contribution in [2.75, 3.05) is 157 Å². The third-order valence-corrected chi connectivity index (χ3v) is 12.5. The van der Waals surface area contributed by atoms with E-state index in [9.17, 15) is 90.0 Å². The molecule has 0 radical (unpaired) electrons. The third-order valence-electron chi connectivity index (χ3n) is 12.5. The summed E-state index contributed by atoms with van der Waals surface area (Å²) in [5, 5.41) is 125. The molecule has 26 heteroatoms. The Bertz CT molecular complexity index is 1360. The molecule has 3 aliphatic rings. The van der Waals surface area contributed by atoms with Gasteiger partial charge < -0.3 is 61.3 Å². The van der Waals surface area contributed by atoms with Gasteiger partial charge in [-0.15, -0.1) is 0 Å². The van der Waals surface area contributed by atoms with Gasteiger partial charge in [0.15, 0.2) is 0 Å². The van der Waals surface area contributed by atoms with Gasteiger partial charge in [-0.3, -0.25) is 68.0 Å². The Labute approximate surface area is 383 Å². The Morgan fingerprint density at radius 1 is 0.318 bits per heavy atom. The van der Waals surface area contributed by atoms with Crippen LogP contribution in [-0.4, -0.2) is 330 Å². The van der Waals surface area contributed by atoms with Crippen LogP contribution in [0.2, 0.25) is 0 Å². The maximum absolute atomic E-state index is 11.7. The second-order valence-corrected chi connectivity index (χ2v) is 17.7. The number of carboxylic acid groups (broad SMARTS) is 6.